The Hall–Kier alpha value is -0.140. The molecule has 0 rings (SSSR count). The van der Waals surface area contributed by atoms with Gasteiger partial charge in [-0.05, 0) is 0 Å². The van der Waals surface area contributed by atoms with Gasteiger partial charge in [0.05, 0.1) is 39.6 Å². The van der Waals surface area contributed by atoms with E-state index < -0.39 is 21.8 Å². The summed E-state index contributed by atoms with van der Waals surface area (Å²) < 4.78 is 64.6. The van der Waals surface area contributed by atoms with Crippen molar-refractivity contribution in [1.29, 1.82) is 0 Å². The van der Waals surface area contributed by atoms with Crippen LogP contribution in [0.1, 0.15) is 0 Å². The van der Waals surface area contributed by atoms with Crippen LogP contribution in [0.25, 0.3) is 0 Å². The average molecular weight is 294 g/mol. The molecule has 0 aromatic rings. The monoisotopic (exact) mass is 294 g/mol. The van der Waals surface area contributed by atoms with E-state index in [9.17, 15) is 12.6 Å². The first kappa shape index (κ1) is 16.9. The molecule has 0 amide bonds. The van der Waals surface area contributed by atoms with Crippen molar-refractivity contribution in [3.8, 4) is 0 Å². The van der Waals surface area contributed by atoms with Crippen LogP contribution in [0.15, 0.2) is 0 Å². The van der Waals surface area contributed by atoms with Crippen LogP contribution in [0.4, 0.5) is 0 Å². The van der Waals surface area contributed by atoms with Gasteiger partial charge in [-0.15, -0.1) is 0 Å². The second kappa shape index (κ2) is 9.85. The molecule has 0 aliphatic heterocycles. The molecule has 0 aliphatic rings. The molecule has 17 heavy (non-hydrogen) atoms. The van der Waals surface area contributed by atoms with Crippen LogP contribution in [0.3, 0.4) is 0 Å². The van der Waals surface area contributed by atoms with Crippen molar-refractivity contribution in [3.63, 3.8) is 0 Å². The van der Waals surface area contributed by atoms with E-state index >= 15 is 0 Å². The molecule has 2 N–H and O–H groups in total. The number of hydrogen-bond acceptors (Lipinski definition) is 7. The highest BCUT2D eigenvalue weighted by Crippen LogP contribution is 1.87. The van der Waals surface area contributed by atoms with Gasteiger partial charge in [0.15, 0.2) is 0 Å². The van der Waals surface area contributed by atoms with Gasteiger partial charge in [0.25, 0.3) is 0 Å². The molecule has 0 fully saturated rings. The first-order valence-corrected chi connectivity index (χ1v) is 6.83. The smallest absolute Gasteiger partial charge is 0.377 e. The molecule has 11 heteroatoms. The Morgan fingerprint density at radius 1 is 0.941 bits per heavy atom. The Balaban J connectivity index is 3.11. The summed E-state index contributed by atoms with van der Waals surface area (Å²) in [5.74, 6) is 0. The number of hydrogen-bond donors (Lipinski definition) is 2. The number of ether oxygens (including phenoxy) is 2. The molecule has 104 valence electrons. The minimum Gasteiger partial charge on any atom is -0.377 e. The van der Waals surface area contributed by atoms with Crippen LogP contribution in [-0.2, 0) is 39.6 Å². The van der Waals surface area contributed by atoms with E-state index in [1.165, 1.54) is 0 Å². The van der Waals surface area contributed by atoms with Crippen LogP contribution >= 0.6 is 0 Å². The van der Waals surface area contributed by atoms with E-state index in [-0.39, 0.29) is 39.6 Å². The fraction of sp³-hybridized carbons (Fsp3) is 1.00. The van der Waals surface area contributed by atoms with Crippen molar-refractivity contribution < 1.29 is 39.6 Å². The summed E-state index contributed by atoms with van der Waals surface area (Å²) in [5, 5.41) is 0. The molecular formula is C6H14O9S2. The first-order chi connectivity index (χ1) is 7.92. The molecule has 0 bridgehead atoms. The van der Waals surface area contributed by atoms with Gasteiger partial charge in [0, 0.05) is 0 Å². The molecule has 1 atom stereocenters. The largest absolute Gasteiger partial charge is 0.397 e. The van der Waals surface area contributed by atoms with Gasteiger partial charge >= 0.3 is 21.8 Å². The molecule has 9 nitrogen and oxygen atoms in total. The lowest BCUT2D eigenvalue weighted by Gasteiger charge is -2.04. The first-order valence-electron chi connectivity index (χ1n) is 4.43. The normalized spacial score (nSPS) is 13.8. The van der Waals surface area contributed by atoms with Gasteiger partial charge in [0.2, 0.25) is 0 Å². The van der Waals surface area contributed by atoms with Gasteiger partial charge < -0.3 is 9.47 Å². The molecule has 0 spiro atoms. The van der Waals surface area contributed by atoms with Gasteiger partial charge in [-0.25, -0.2) is 4.18 Å². The lowest BCUT2D eigenvalue weighted by Crippen LogP contribution is -2.13. The van der Waals surface area contributed by atoms with Crippen LogP contribution in [-0.4, -0.2) is 61.4 Å². The number of rotatable bonds is 11. The Labute approximate surface area is 101 Å². The van der Waals surface area contributed by atoms with E-state index in [4.69, 9.17) is 18.6 Å². The summed E-state index contributed by atoms with van der Waals surface area (Å²) in [5.41, 5.74) is 0. The summed E-state index contributed by atoms with van der Waals surface area (Å²) in [6.45, 7) is 0.224. The molecule has 0 saturated heterocycles. The van der Waals surface area contributed by atoms with E-state index in [2.05, 4.69) is 8.37 Å². The van der Waals surface area contributed by atoms with E-state index in [1.807, 2.05) is 0 Å². The summed E-state index contributed by atoms with van der Waals surface area (Å²) >= 11 is -2.29. The molecule has 0 aromatic heterocycles. The Bertz CT molecular complexity index is 301. The third kappa shape index (κ3) is 15.9. The Kier molecular flexibility index (Phi) is 9.76. The second-order valence-electron chi connectivity index (χ2n) is 2.51. The van der Waals surface area contributed by atoms with Crippen LogP contribution in [0, 0.1) is 0 Å². The van der Waals surface area contributed by atoms with Crippen molar-refractivity contribution in [1.82, 2.24) is 0 Å². The maximum Gasteiger partial charge on any atom is 0.397 e. The summed E-state index contributed by atoms with van der Waals surface area (Å²) in [7, 11) is -4.42. The van der Waals surface area contributed by atoms with Gasteiger partial charge in [-0.3, -0.25) is 13.3 Å². The predicted octanol–water partition coefficient (Wildman–Crippen LogP) is -1.01. The molecule has 0 radical (unpaired) electrons. The summed E-state index contributed by atoms with van der Waals surface area (Å²) in [4.78, 5) is 0. The maximum absolute atomic E-state index is 10.1. The van der Waals surface area contributed by atoms with E-state index in [1.54, 1.807) is 0 Å². The van der Waals surface area contributed by atoms with Crippen LogP contribution in [0.5, 0.6) is 0 Å². The predicted molar refractivity (Wildman–Crippen MR) is 55.9 cm³/mol. The lowest BCUT2D eigenvalue weighted by atomic mass is 10.7. The van der Waals surface area contributed by atoms with Gasteiger partial charge in [0.1, 0.15) is 0 Å². The fourth-order valence-electron chi connectivity index (χ4n) is 0.684. The Morgan fingerprint density at radius 2 is 1.41 bits per heavy atom. The standard InChI is InChI=1S/C6H14O9S2/c7-16(8)14-5-3-12-1-2-13-4-6-15-17(9,10)11/h1-6H2,(H,7,8)(H,9,10,11). The summed E-state index contributed by atoms with van der Waals surface area (Å²) in [6, 6.07) is 0. The zero-order valence-corrected chi connectivity index (χ0v) is 10.4. The van der Waals surface area contributed by atoms with Crippen molar-refractivity contribution in [2.45, 2.75) is 0 Å². The third-order valence-electron chi connectivity index (χ3n) is 1.24. The van der Waals surface area contributed by atoms with Crippen molar-refractivity contribution in [2.24, 2.45) is 0 Å². The van der Waals surface area contributed by atoms with Crippen LogP contribution < -0.4 is 0 Å². The zero-order chi connectivity index (χ0) is 13.1. The third-order valence-corrected chi connectivity index (χ3v) is 2.08. The van der Waals surface area contributed by atoms with Crippen molar-refractivity contribution in [3.05, 3.63) is 0 Å². The summed E-state index contributed by atoms with van der Waals surface area (Å²) in [6.07, 6.45) is 0. The van der Waals surface area contributed by atoms with Gasteiger partial charge in [-0.2, -0.15) is 12.6 Å². The van der Waals surface area contributed by atoms with Crippen molar-refractivity contribution >= 4 is 21.8 Å². The highest BCUT2D eigenvalue weighted by atomic mass is 32.3. The minimum atomic E-state index is -4.42. The van der Waals surface area contributed by atoms with Crippen molar-refractivity contribution in [2.75, 3.05) is 39.6 Å². The second-order valence-corrected chi connectivity index (χ2v) is 4.27. The molecule has 1 unspecified atom stereocenters. The molecule has 0 aliphatic carbocycles. The topological polar surface area (TPSA) is 129 Å². The van der Waals surface area contributed by atoms with E-state index in [0.717, 1.165) is 0 Å². The molecule has 0 heterocycles. The van der Waals surface area contributed by atoms with Crippen LogP contribution in [0.2, 0.25) is 0 Å². The minimum absolute atomic E-state index is 0.0136. The van der Waals surface area contributed by atoms with Gasteiger partial charge in [-0.1, -0.05) is 0 Å². The zero-order valence-electron chi connectivity index (χ0n) is 8.81. The highest BCUT2D eigenvalue weighted by molar-refractivity contribution is 7.80. The lowest BCUT2D eigenvalue weighted by molar-refractivity contribution is 0.0273. The molecule has 0 aromatic carbocycles. The quantitative estimate of drug-likeness (QED) is 0.280. The Morgan fingerprint density at radius 3 is 1.88 bits per heavy atom. The maximum atomic E-state index is 10.1. The fourth-order valence-corrected chi connectivity index (χ4v) is 1.17. The highest BCUT2D eigenvalue weighted by Gasteiger charge is 2.02. The molecule has 0 saturated carbocycles. The molecular weight excluding hydrogens is 280 g/mol. The SMILES string of the molecule is O=S(O)OCCOCCOCCOS(=O)(=O)O. The average Bonchev–Trinajstić information content (AvgIpc) is 2.18. The van der Waals surface area contributed by atoms with E-state index in [0.29, 0.717) is 0 Å².